The van der Waals surface area contributed by atoms with E-state index in [1.54, 1.807) is 0 Å². The predicted molar refractivity (Wildman–Crippen MR) is 90.1 cm³/mol. The highest BCUT2D eigenvalue weighted by molar-refractivity contribution is 5.94. The van der Waals surface area contributed by atoms with Crippen LogP contribution in [0.15, 0.2) is 54.7 Å². The Balaban J connectivity index is 1.65. The average molecular weight is 292 g/mol. The number of nitrogens with one attached hydrogen (secondary N) is 1. The Morgan fingerprint density at radius 1 is 1.09 bits per heavy atom. The predicted octanol–water partition coefficient (Wildman–Crippen LogP) is 3.46. The van der Waals surface area contributed by atoms with Crippen LogP contribution in [0.1, 0.15) is 21.5 Å². The van der Waals surface area contributed by atoms with Crippen LogP contribution in [0.4, 0.5) is 0 Å². The molecule has 0 fully saturated rings. The monoisotopic (exact) mass is 292 g/mol. The van der Waals surface area contributed by atoms with Gasteiger partial charge in [0.15, 0.2) is 0 Å². The van der Waals surface area contributed by atoms with Gasteiger partial charge in [0, 0.05) is 36.3 Å². The fourth-order valence-corrected chi connectivity index (χ4v) is 2.74. The maximum atomic E-state index is 12.1. The van der Waals surface area contributed by atoms with Gasteiger partial charge in [0.2, 0.25) is 0 Å². The van der Waals surface area contributed by atoms with Gasteiger partial charge in [-0.25, -0.2) is 0 Å². The van der Waals surface area contributed by atoms with Crippen LogP contribution < -0.4 is 5.32 Å². The van der Waals surface area contributed by atoms with Gasteiger partial charge in [0.05, 0.1) is 0 Å². The number of hydrogen-bond donors (Lipinski definition) is 1. The summed E-state index contributed by atoms with van der Waals surface area (Å²) in [6.45, 7) is 2.66. The summed E-state index contributed by atoms with van der Waals surface area (Å²) < 4.78 is 2.13. The second-order valence-corrected chi connectivity index (χ2v) is 5.65. The lowest BCUT2D eigenvalue weighted by Crippen LogP contribution is -2.25. The van der Waals surface area contributed by atoms with Crippen molar-refractivity contribution in [1.29, 1.82) is 0 Å². The van der Waals surface area contributed by atoms with E-state index in [9.17, 15) is 4.79 Å². The van der Waals surface area contributed by atoms with Crippen LogP contribution in [0.2, 0.25) is 0 Å². The first kappa shape index (κ1) is 14.4. The van der Waals surface area contributed by atoms with Gasteiger partial charge < -0.3 is 9.88 Å². The van der Waals surface area contributed by atoms with E-state index in [0.29, 0.717) is 12.1 Å². The molecule has 3 rings (SSSR count). The van der Waals surface area contributed by atoms with E-state index in [4.69, 9.17) is 0 Å². The molecule has 0 aliphatic heterocycles. The Labute approximate surface area is 130 Å². The standard InChI is InChI=1S/C19H20N2O/c1-14-7-9-15(10-8-14)19(22)20-12-11-16-13-21(2)18-6-4-3-5-17(16)18/h3-10,13H,11-12H2,1-2H3,(H,20,22). The molecule has 1 amide bonds. The molecular weight excluding hydrogens is 272 g/mol. The highest BCUT2D eigenvalue weighted by atomic mass is 16.1. The second kappa shape index (κ2) is 6.06. The van der Waals surface area contributed by atoms with Crippen LogP contribution in [0, 0.1) is 6.92 Å². The molecule has 112 valence electrons. The summed E-state index contributed by atoms with van der Waals surface area (Å²) in [4.78, 5) is 12.1. The zero-order chi connectivity index (χ0) is 15.5. The number of para-hydroxylation sites is 1. The van der Waals surface area contributed by atoms with E-state index in [1.165, 1.54) is 16.5 Å². The summed E-state index contributed by atoms with van der Waals surface area (Å²) >= 11 is 0. The van der Waals surface area contributed by atoms with Crippen LogP contribution in [0.5, 0.6) is 0 Å². The van der Waals surface area contributed by atoms with Crippen LogP contribution in [-0.2, 0) is 13.5 Å². The molecule has 0 spiro atoms. The third-order valence-corrected chi connectivity index (χ3v) is 3.97. The summed E-state index contributed by atoms with van der Waals surface area (Å²) in [5, 5.41) is 4.25. The van der Waals surface area contributed by atoms with E-state index in [-0.39, 0.29) is 5.91 Å². The Morgan fingerprint density at radius 2 is 1.82 bits per heavy atom. The van der Waals surface area contributed by atoms with Gasteiger partial charge in [-0.1, -0.05) is 35.9 Å². The molecule has 0 saturated heterocycles. The minimum Gasteiger partial charge on any atom is -0.352 e. The lowest BCUT2D eigenvalue weighted by molar-refractivity contribution is 0.0954. The number of carbonyl (C=O) groups is 1. The first-order chi connectivity index (χ1) is 10.6. The number of aromatic nitrogens is 1. The van der Waals surface area contributed by atoms with Gasteiger partial charge in [0.1, 0.15) is 0 Å². The molecule has 22 heavy (non-hydrogen) atoms. The van der Waals surface area contributed by atoms with Crippen molar-refractivity contribution in [3.63, 3.8) is 0 Å². The van der Waals surface area contributed by atoms with Gasteiger partial charge in [-0.3, -0.25) is 4.79 Å². The third-order valence-electron chi connectivity index (χ3n) is 3.97. The van der Waals surface area contributed by atoms with Gasteiger partial charge in [0.25, 0.3) is 5.91 Å². The number of rotatable bonds is 4. The Kier molecular flexibility index (Phi) is 3.96. The lowest BCUT2D eigenvalue weighted by atomic mass is 10.1. The van der Waals surface area contributed by atoms with Crippen LogP contribution in [-0.4, -0.2) is 17.0 Å². The van der Waals surface area contributed by atoms with Crippen molar-refractivity contribution in [2.75, 3.05) is 6.54 Å². The van der Waals surface area contributed by atoms with E-state index in [2.05, 4.69) is 41.3 Å². The van der Waals surface area contributed by atoms with Crippen molar-refractivity contribution in [3.05, 3.63) is 71.4 Å². The SMILES string of the molecule is Cc1ccc(C(=O)NCCc2cn(C)c3ccccc23)cc1. The minimum absolute atomic E-state index is 0.0137. The summed E-state index contributed by atoms with van der Waals surface area (Å²) in [6.07, 6.45) is 2.97. The van der Waals surface area contributed by atoms with Crippen LogP contribution in [0.25, 0.3) is 10.9 Å². The van der Waals surface area contributed by atoms with Crippen molar-refractivity contribution >= 4 is 16.8 Å². The fourth-order valence-electron chi connectivity index (χ4n) is 2.74. The molecule has 0 atom stereocenters. The van der Waals surface area contributed by atoms with Crippen molar-refractivity contribution in [1.82, 2.24) is 9.88 Å². The number of nitrogens with zero attached hydrogens (tertiary/aromatic N) is 1. The smallest absolute Gasteiger partial charge is 0.251 e. The average Bonchev–Trinajstić information content (AvgIpc) is 2.85. The fraction of sp³-hybridized carbons (Fsp3) is 0.211. The van der Waals surface area contributed by atoms with E-state index < -0.39 is 0 Å². The van der Waals surface area contributed by atoms with Gasteiger partial charge in [-0.05, 0) is 37.1 Å². The molecule has 0 saturated carbocycles. The molecule has 3 aromatic rings. The topological polar surface area (TPSA) is 34.0 Å². The first-order valence-corrected chi connectivity index (χ1v) is 7.53. The van der Waals surface area contributed by atoms with Crippen molar-refractivity contribution < 1.29 is 4.79 Å². The number of hydrogen-bond acceptors (Lipinski definition) is 1. The van der Waals surface area contributed by atoms with Crippen LogP contribution in [0.3, 0.4) is 0 Å². The Hall–Kier alpha value is -2.55. The van der Waals surface area contributed by atoms with Crippen molar-refractivity contribution in [2.24, 2.45) is 7.05 Å². The molecule has 2 aromatic carbocycles. The maximum Gasteiger partial charge on any atom is 0.251 e. The highest BCUT2D eigenvalue weighted by Crippen LogP contribution is 2.20. The van der Waals surface area contributed by atoms with Crippen molar-refractivity contribution in [3.8, 4) is 0 Å². The maximum absolute atomic E-state index is 12.1. The van der Waals surface area contributed by atoms with E-state index in [1.807, 2.05) is 37.3 Å². The van der Waals surface area contributed by atoms with Crippen LogP contribution >= 0.6 is 0 Å². The minimum atomic E-state index is -0.0137. The molecule has 0 aliphatic rings. The van der Waals surface area contributed by atoms with Gasteiger partial charge in [-0.15, -0.1) is 0 Å². The number of carbonyl (C=O) groups excluding carboxylic acids is 1. The number of amides is 1. The second-order valence-electron chi connectivity index (χ2n) is 5.65. The number of benzene rings is 2. The summed E-state index contributed by atoms with van der Waals surface area (Å²) in [6, 6.07) is 16.0. The molecular formula is C19H20N2O. The van der Waals surface area contributed by atoms with E-state index in [0.717, 1.165) is 12.0 Å². The quantitative estimate of drug-likeness (QED) is 0.785. The molecule has 1 heterocycles. The number of fused-ring (bicyclic) bond motifs is 1. The summed E-state index contributed by atoms with van der Waals surface area (Å²) in [7, 11) is 2.05. The molecule has 1 N–H and O–H groups in total. The first-order valence-electron chi connectivity index (χ1n) is 7.53. The number of aryl methyl sites for hydroxylation is 2. The largest absolute Gasteiger partial charge is 0.352 e. The Morgan fingerprint density at radius 3 is 2.59 bits per heavy atom. The van der Waals surface area contributed by atoms with Gasteiger partial charge in [-0.2, -0.15) is 0 Å². The molecule has 0 aliphatic carbocycles. The molecule has 3 heteroatoms. The van der Waals surface area contributed by atoms with Crippen molar-refractivity contribution in [2.45, 2.75) is 13.3 Å². The lowest BCUT2D eigenvalue weighted by Gasteiger charge is -2.05. The summed E-state index contributed by atoms with van der Waals surface area (Å²) in [5.74, 6) is -0.0137. The normalized spacial score (nSPS) is 10.8. The Bertz CT molecular complexity index is 800. The molecule has 0 unspecified atom stereocenters. The highest BCUT2D eigenvalue weighted by Gasteiger charge is 2.07. The molecule has 0 bridgehead atoms. The molecule has 0 radical (unpaired) electrons. The van der Waals surface area contributed by atoms with E-state index >= 15 is 0 Å². The zero-order valence-corrected chi connectivity index (χ0v) is 13.0. The van der Waals surface area contributed by atoms with Gasteiger partial charge >= 0.3 is 0 Å². The summed E-state index contributed by atoms with van der Waals surface area (Å²) in [5.41, 5.74) is 4.36. The molecule has 3 nitrogen and oxygen atoms in total. The zero-order valence-electron chi connectivity index (χ0n) is 13.0. The molecule has 1 aromatic heterocycles. The third kappa shape index (κ3) is 2.89.